The largest absolute Gasteiger partial charge is 0.0807 e. The fraction of sp³-hybridized carbons (Fsp3) is 0.600. The summed E-state index contributed by atoms with van der Waals surface area (Å²) in [5.41, 5.74) is 4.59. The van der Waals surface area contributed by atoms with Crippen LogP contribution in [0, 0.1) is 5.92 Å². The maximum atomic E-state index is 2.47. The van der Waals surface area contributed by atoms with Crippen LogP contribution >= 0.6 is 0 Å². The van der Waals surface area contributed by atoms with Gasteiger partial charge in [0.25, 0.3) is 0 Å². The van der Waals surface area contributed by atoms with Gasteiger partial charge in [0.05, 0.1) is 0 Å². The summed E-state index contributed by atoms with van der Waals surface area (Å²) in [6.45, 7) is 4.53. The van der Waals surface area contributed by atoms with Gasteiger partial charge in [-0.3, -0.25) is 0 Å². The lowest BCUT2D eigenvalue weighted by molar-refractivity contribution is 0.429. The van der Waals surface area contributed by atoms with Crippen LogP contribution in [-0.2, 0) is 6.42 Å². The van der Waals surface area contributed by atoms with Crippen molar-refractivity contribution in [1.82, 2.24) is 0 Å². The number of allylic oxidation sites excluding steroid dienone is 2. The number of hydrogen-bond donors (Lipinski definition) is 0. The van der Waals surface area contributed by atoms with Gasteiger partial charge in [-0.25, -0.2) is 0 Å². The van der Waals surface area contributed by atoms with E-state index in [0.29, 0.717) is 0 Å². The molecular formula is C20H30. The first-order valence-electron chi connectivity index (χ1n) is 8.64. The Hall–Kier alpha value is -1.04. The van der Waals surface area contributed by atoms with Gasteiger partial charge < -0.3 is 0 Å². The van der Waals surface area contributed by atoms with Crippen molar-refractivity contribution in [1.29, 1.82) is 0 Å². The second-order valence-electron chi connectivity index (χ2n) is 6.20. The summed E-state index contributed by atoms with van der Waals surface area (Å²) in [6, 6.07) is 9.41. The van der Waals surface area contributed by atoms with Crippen LogP contribution in [0.4, 0.5) is 0 Å². The molecule has 0 bridgehead atoms. The Balaban J connectivity index is 2.10. The van der Waals surface area contributed by atoms with Crippen LogP contribution in [0.1, 0.15) is 76.3 Å². The van der Waals surface area contributed by atoms with Gasteiger partial charge >= 0.3 is 0 Å². The molecule has 0 N–H and O–H groups in total. The Bertz CT molecular complexity index is 404. The van der Waals surface area contributed by atoms with Crippen LogP contribution < -0.4 is 0 Å². The molecule has 0 saturated heterocycles. The third-order valence-corrected chi connectivity index (χ3v) is 4.58. The summed E-state index contributed by atoms with van der Waals surface area (Å²) < 4.78 is 0. The summed E-state index contributed by atoms with van der Waals surface area (Å²) in [5, 5.41) is 0. The second-order valence-corrected chi connectivity index (χ2v) is 6.20. The fourth-order valence-electron chi connectivity index (χ4n) is 3.40. The van der Waals surface area contributed by atoms with E-state index in [1.54, 1.807) is 5.57 Å². The molecule has 0 amide bonds. The quantitative estimate of drug-likeness (QED) is 0.561. The van der Waals surface area contributed by atoms with Crippen molar-refractivity contribution < 1.29 is 0 Å². The van der Waals surface area contributed by atoms with Gasteiger partial charge in [0.15, 0.2) is 0 Å². The minimum atomic E-state index is 0.810. The molecule has 0 heterocycles. The molecule has 1 fully saturated rings. The SMILES string of the molecule is CCC=C(c1ccc(CCCC)cc1)C1CCCCC1. The molecule has 0 aliphatic heterocycles. The molecule has 2 rings (SSSR count). The van der Waals surface area contributed by atoms with Crippen LogP contribution in [0.15, 0.2) is 30.3 Å². The van der Waals surface area contributed by atoms with Crippen molar-refractivity contribution in [3.05, 3.63) is 41.5 Å². The molecule has 1 aliphatic rings. The molecule has 0 radical (unpaired) electrons. The van der Waals surface area contributed by atoms with Crippen molar-refractivity contribution in [3.8, 4) is 0 Å². The van der Waals surface area contributed by atoms with Crippen LogP contribution in [0.25, 0.3) is 5.57 Å². The normalized spacial score (nSPS) is 17.4. The maximum absolute atomic E-state index is 2.47. The lowest BCUT2D eigenvalue weighted by Crippen LogP contribution is -2.08. The summed E-state index contributed by atoms with van der Waals surface area (Å²) in [5.74, 6) is 0.810. The third-order valence-electron chi connectivity index (χ3n) is 4.58. The van der Waals surface area contributed by atoms with Crippen molar-refractivity contribution >= 4 is 5.57 Å². The smallest absolute Gasteiger partial charge is 0.0159 e. The molecule has 110 valence electrons. The van der Waals surface area contributed by atoms with E-state index in [0.717, 1.165) is 12.3 Å². The zero-order valence-corrected chi connectivity index (χ0v) is 13.3. The minimum Gasteiger partial charge on any atom is -0.0807 e. The van der Waals surface area contributed by atoms with Gasteiger partial charge in [-0.05, 0) is 54.7 Å². The lowest BCUT2D eigenvalue weighted by atomic mass is 9.80. The highest BCUT2D eigenvalue weighted by Gasteiger charge is 2.18. The van der Waals surface area contributed by atoms with Gasteiger partial charge in [0.2, 0.25) is 0 Å². The Morgan fingerprint density at radius 3 is 2.35 bits per heavy atom. The van der Waals surface area contributed by atoms with E-state index in [2.05, 4.69) is 44.2 Å². The number of hydrogen-bond acceptors (Lipinski definition) is 0. The fourth-order valence-corrected chi connectivity index (χ4v) is 3.40. The van der Waals surface area contributed by atoms with E-state index in [1.165, 1.54) is 62.5 Å². The molecule has 0 atom stereocenters. The number of unbranched alkanes of at least 4 members (excludes halogenated alkanes) is 1. The molecule has 1 aromatic carbocycles. The van der Waals surface area contributed by atoms with Crippen molar-refractivity contribution in [2.24, 2.45) is 5.92 Å². The first-order chi connectivity index (χ1) is 9.85. The van der Waals surface area contributed by atoms with E-state index in [-0.39, 0.29) is 0 Å². The van der Waals surface area contributed by atoms with Crippen LogP contribution in [-0.4, -0.2) is 0 Å². The zero-order valence-electron chi connectivity index (χ0n) is 13.3. The van der Waals surface area contributed by atoms with Gasteiger partial charge in [-0.2, -0.15) is 0 Å². The zero-order chi connectivity index (χ0) is 14.2. The monoisotopic (exact) mass is 270 g/mol. The van der Waals surface area contributed by atoms with E-state index in [4.69, 9.17) is 0 Å². The van der Waals surface area contributed by atoms with E-state index in [1.807, 2.05) is 0 Å². The number of benzene rings is 1. The lowest BCUT2D eigenvalue weighted by Gasteiger charge is -2.25. The van der Waals surface area contributed by atoms with Gasteiger partial charge in [0, 0.05) is 0 Å². The Morgan fingerprint density at radius 1 is 1.05 bits per heavy atom. The van der Waals surface area contributed by atoms with Crippen LogP contribution in [0.5, 0.6) is 0 Å². The first kappa shape index (κ1) is 15.4. The predicted molar refractivity (Wildman–Crippen MR) is 89.9 cm³/mol. The minimum absolute atomic E-state index is 0.810. The molecule has 0 heteroatoms. The summed E-state index contributed by atoms with van der Waals surface area (Å²) in [4.78, 5) is 0. The van der Waals surface area contributed by atoms with Gasteiger partial charge in [0.1, 0.15) is 0 Å². The molecule has 0 spiro atoms. The van der Waals surface area contributed by atoms with Gasteiger partial charge in [-0.15, -0.1) is 0 Å². The van der Waals surface area contributed by atoms with E-state index >= 15 is 0 Å². The highest BCUT2D eigenvalue weighted by atomic mass is 14.2. The molecule has 0 aromatic heterocycles. The molecule has 1 aromatic rings. The topological polar surface area (TPSA) is 0 Å². The molecule has 20 heavy (non-hydrogen) atoms. The van der Waals surface area contributed by atoms with Gasteiger partial charge in [-0.1, -0.05) is 69.9 Å². The second kappa shape index (κ2) is 8.29. The summed E-state index contributed by atoms with van der Waals surface area (Å²) >= 11 is 0. The van der Waals surface area contributed by atoms with Crippen LogP contribution in [0.3, 0.4) is 0 Å². The highest BCUT2D eigenvalue weighted by Crippen LogP contribution is 2.35. The highest BCUT2D eigenvalue weighted by molar-refractivity contribution is 5.67. The Labute approximate surface area is 125 Å². The van der Waals surface area contributed by atoms with E-state index in [9.17, 15) is 0 Å². The molecule has 1 saturated carbocycles. The number of rotatable bonds is 6. The van der Waals surface area contributed by atoms with Crippen molar-refractivity contribution in [2.45, 2.75) is 71.6 Å². The van der Waals surface area contributed by atoms with Crippen molar-refractivity contribution in [3.63, 3.8) is 0 Å². The summed E-state index contributed by atoms with van der Waals surface area (Å²) in [7, 11) is 0. The maximum Gasteiger partial charge on any atom is -0.0159 e. The summed E-state index contributed by atoms with van der Waals surface area (Å²) in [6.07, 6.45) is 14.5. The standard InChI is InChI=1S/C20H30/c1-3-5-10-17-13-15-19(16-14-17)20(9-4-2)18-11-7-6-8-12-18/h9,13-16,18H,3-8,10-12H2,1-2H3. The average Bonchev–Trinajstić information content (AvgIpc) is 2.52. The Morgan fingerprint density at radius 2 is 1.75 bits per heavy atom. The number of aryl methyl sites for hydroxylation is 1. The average molecular weight is 270 g/mol. The first-order valence-corrected chi connectivity index (χ1v) is 8.64. The molecule has 0 unspecified atom stereocenters. The Kier molecular flexibility index (Phi) is 6.36. The molecule has 1 aliphatic carbocycles. The third kappa shape index (κ3) is 4.23. The molecule has 0 nitrogen and oxygen atoms in total. The van der Waals surface area contributed by atoms with Crippen molar-refractivity contribution in [2.75, 3.05) is 0 Å². The van der Waals surface area contributed by atoms with E-state index < -0.39 is 0 Å². The van der Waals surface area contributed by atoms with Crippen LogP contribution in [0.2, 0.25) is 0 Å². The predicted octanol–water partition coefficient (Wildman–Crippen LogP) is 6.40. The molecular weight excluding hydrogens is 240 g/mol.